The van der Waals surface area contributed by atoms with Crippen molar-refractivity contribution in [2.75, 3.05) is 58.1 Å². The monoisotopic (exact) mass is 531 g/mol. The Bertz CT molecular complexity index is 1200. The molecule has 0 aromatic heterocycles. The first-order valence-electron chi connectivity index (χ1n) is 13.4. The minimum absolute atomic E-state index is 0.0912. The third-order valence-corrected chi connectivity index (χ3v) is 6.79. The molecule has 206 valence electrons. The zero-order chi connectivity index (χ0) is 27.5. The molecule has 0 bridgehead atoms. The van der Waals surface area contributed by atoms with Crippen molar-refractivity contribution in [3.8, 4) is 11.1 Å². The van der Waals surface area contributed by atoms with Gasteiger partial charge in [-0.3, -0.25) is 19.4 Å². The number of amides is 2. The maximum Gasteiger partial charge on any atom is 0.248 e. The molecule has 1 heterocycles. The van der Waals surface area contributed by atoms with Crippen molar-refractivity contribution in [1.82, 2.24) is 4.90 Å². The van der Waals surface area contributed by atoms with Gasteiger partial charge in [0.1, 0.15) is 0 Å². The number of rotatable bonds is 13. The fourth-order valence-electron chi connectivity index (χ4n) is 4.74. The van der Waals surface area contributed by atoms with E-state index in [0.717, 1.165) is 17.5 Å². The Balaban J connectivity index is 1.65. The molecule has 8 nitrogen and oxygen atoms in total. The van der Waals surface area contributed by atoms with Crippen LogP contribution < -0.4 is 10.6 Å². The van der Waals surface area contributed by atoms with Crippen molar-refractivity contribution in [1.29, 1.82) is 0 Å². The number of nitrogens with zero attached hydrogens (tertiary/aromatic N) is 2. The number of ether oxygens (including phenoxy) is 3. The lowest BCUT2D eigenvalue weighted by atomic mass is 10.0. The van der Waals surface area contributed by atoms with E-state index >= 15 is 0 Å². The van der Waals surface area contributed by atoms with Crippen molar-refractivity contribution in [2.45, 2.75) is 18.9 Å². The molecule has 3 aromatic carbocycles. The summed E-state index contributed by atoms with van der Waals surface area (Å²) in [4.78, 5) is 30.2. The zero-order valence-electron chi connectivity index (χ0n) is 22.5. The molecule has 0 radical (unpaired) electrons. The van der Waals surface area contributed by atoms with Gasteiger partial charge >= 0.3 is 0 Å². The Labute approximate surface area is 230 Å². The van der Waals surface area contributed by atoms with E-state index in [-0.39, 0.29) is 5.91 Å². The van der Waals surface area contributed by atoms with Crippen molar-refractivity contribution in [3.05, 3.63) is 84.4 Å². The molecule has 39 heavy (non-hydrogen) atoms. The van der Waals surface area contributed by atoms with Crippen LogP contribution >= 0.6 is 0 Å². The molecule has 0 aliphatic carbocycles. The molecule has 1 aliphatic rings. The van der Waals surface area contributed by atoms with E-state index < -0.39 is 11.9 Å². The van der Waals surface area contributed by atoms with Crippen LogP contribution in [0.15, 0.2) is 78.9 Å². The molecule has 3 aromatic rings. The van der Waals surface area contributed by atoms with Gasteiger partial charge in [-0.25, -0.2) is 0 Å². The average molecular weight is 532 g/mol. The molecule has 1 atom stereocenters. The lowest BCUT2D eigenvalue weighted by molar-refractivity contribution is -0.125. The van der Waals surface area contributed by atoms with Crippen LogP contribution in [-0.2, 0) is 19.0 Å². The quantitative estimate of drug-likeness (QED) is 0.331. The first kappa shape index (κ1) is 28.4. The summed E-state index contributed by atoms with van der Waals surface area (Å²) in [7, 11) is 1.67. The minimum atomic E-state index is -0.544. The first-order chi connectivity index (χ1) is 19.1. The molecule has 1 aliphatic heterocycles. The lowest BCUT2D eigenvalue weighted by Gasteiger charge is -2.37. The minimum Gasteiger partial charge on any atom is -0.385 e. The number of anilines is 2. The highest BCUT2D eigenvalue weighted by atomic mass is 16.5. The van der Waals surface area contributed by atoms with E-state index in [9.17, 15) is 9.59 Å². The van der Waals surface area contributed by atoms with Gasteiger partial charge in [0.2, 0.25) is 11.8 Å². The van der Waals surface area contributed by atoms with E-state index in [1.54, 1.807) is 30.2 Å². The molecule has 1 saturated heterocycles. The molecule has 0 spiro atoms. The van der Waals surface area contributed by atoms with Crippen LogP contribution in [0.3, 0.4) is 0 Å². The summed E-state index contributed by atoms with van der Waals surface area (Å²) in [5.74, 6) is -0.635. The summed E-state index contributed by atoms with van der Waals surface area (Å²) >= 11 is 0. The van der Waals surface area contributed by atoms with Gasteiger partial charge in [-0.1, -0.05) is 48.5 Å². The third-order valence-electron chi connectivity index (χ3n) is 6.79. The zero-order valence-corrected chi connectivity index (χ0v) is 22.5. The van der Waals surface area contributed by atoms with Crippen LogP contribution in [0.2, 0.25) is 0 Å². The Kier molecular flexibility index (Phi) is 10.6. The number of morpholine rings is 1. The maximum absolute atomic E-state index is 14.4. The Morgan fingerprint density at radius 3 is 2.31 bits per heavy atom. The Morgan fingerprint density at radius 2 is 1.62 bits per heavy atom. The molecule has 1 fully saturated rings. The molecule has 0 unspecified atom stereocenters. The highest BCUT2D eigenvalue weighted by molar-refractivity contribution is 6.05. The van der Waals surface area contributed by atoms with Crippen LogP contribution in [0.4, 0.5) is 11.4 Å². The van der Waals surface area contributed by atoms with E-state index in [4.69, 9.17) is 19.9 Å². The van der Waals surface area contributed by atoms with E-state index in [0.29, 0.717) is 69.5 Å². The Hall–Kier alpha value is -3.56. The number of hydrogen-bond acceptors (Lipinski definition) is 6. The number of methoxy groups -OCH3 is 1. The standard InChI is InChI=1S/C31H37N3O5/c1-37-18-6-19-38-20-15-29(33-16-21-39-22-17-33)31(36)34(28-10-5-9-26(23-28)30(32)35)27-13-11-25(12-14-27)24-7-3-2-4-8-24/h2-5,7-14,23,29H,6,15-22H2,1H3,(H2,32,35)/t29-/m1/s1. The van der Waals surface area contributed by atoms with E-state index in [2.05, 4.69) is 17.0 Å². The van der Waals surface area contributed by atoms with E-state index in [1.807, 2.05) is 48.5 Å². The Morgan fingerprint density at radius 1 is 0.897 bits per heavy atom. The number of hydrogen-bond donors (Lipinski definition) is 1. The van der Waals surface area contributed by atoms with Crippen LogP contribution in [0.1, 0.15) is 23.2 Å². The SMILES string of the molecule is COCCCOCC[C@H](C(=O)N(c1ccc(-c2ccccc2)cc1)c1cccc(C(N)=O)c1)N1CCOCC1. The molecular formula is C31H37N3O5. The first-order valence-corrected chi connectivity index (χ1v) is 13.4. The number of carbonyl (C=O) groups excluding carboxylic acids is 2. The van der Waals surface area contributed by atoms with Gasteiger partial charge in [0.25, 0.3) is 0 Å². The van der Waals surface area contributed by atoms with Crippen LogP contribution in [0.5, 0.6) is 0 Å². The topological polar surface area (TPSA) is 94.3 Å². The summed E-state index contributed by atoms with van der Waals surface area (Å²) in [5.41, 5.74) is 9.36. The second-order valence-electron chi connectivity index (χ2n) is 9.41. The van der Waals surface area contributed by atoms with Gasteiger partial charge in [0.05, 0.1) is 19.3 Å². The second-order valence-corrected chi connectivity index (χ2v) is 9.41. The van der Waals surface area contributed by atoms with Crippen LogP contribution in [0, 0.1) is 0 Å². The summed E-state index contributed by atoms with van der Waals surface area (Å²) < 4.78 is 16.5. The highest BCUT2D eigenvalue weighted by Gasteiger charge is 2.32. The highest BCUT2D eigenvalue weighted by Crippen LogP contribution is 2.31. The fourth-order valence-corrected chi connectivity index (χ4v) is 4.74. The van der Waals surface area contributed by atoms with E-state index in [1.165, 1.54) is 0 Å². The van der Waals surface area contributed by atoms with Gasteiger partial charge in [-0.15, -0.1) is 0 Å². The van der Waals surface area contributed by atoms with Gasteiger partial charge in [0.15, 0.2) is 0 Å². The lowest BCUT2D eigenvalue weighted by Crippen LogP contribution is -2.52. The summed E-state index contributed by atoms with van der Waals surface area (Å²) in [5, 5.41) is 0. The van der Waals surface area contributed by atoms with Crippen molar-refractivity contribution in [2.24, 2.45) is 5.73 Å². The number of primary amides is 1. The smallest absolute Gasteiger partial charge is 0.248 e. The fraction of sp³-hybridized carbons (Fsp3) is 0.355. The van der Waals surface area contributed by atoms with Crippen LogP contribution in [-0.4, -0.2) is 76.0 Å². The normalized spacial score (nSPS) is 14.6. The predicted molar refractivity (Wildman–Crippen MR) is 152 cm³/mol. The molecule has 2 N–H and O–H groups in total. The predicted octanol–water partition coefficient (Wildman–Crippen LogP) is 4.26. The molecule has 0 saturated carbocycles. The van der Waals surface area contributed by atoms with Gasteiger partial charge in [-0.2, -0.15) is 0 Å². The third kappa shape index (κ3) is 7.74. The maximum atomic E-state index is 14.4. The van der Waals surface area contributed by atoms with Crippen molar-refractivity contribution in [3.63, 3.8) is 0 Å². The molecule has 2 amide bonds. The largest absolute Gasteiger partial charge is 0.385 e. The number of nitrogens with two attached hydrogens (primary N) is 1. The summed E-state index contributed by atoms with van der Waals surface area (Å²) in [6, 6.07) is 24.4. The average Bonchev–Trinajstić information content (AvgIpc) is 2.98. The van der Waals surface area contributed by atoms with Crippen molar-refractivity contribution < 1.29 is 23.8 Å². The summed E-state index contributed by atoms with van der Waals surface area (Å²) in [6.07, 6.45) is 1.33. The number of benzene rings is 3. The number of carbonyl (C=O) groups is 2. The van der Waals surface area contributed by atoms with Crippen molar-refractivity contribution >= 4 is 23.2 Å². The van der Waals surface area contributed by atoms with Gasteiger partial charge in [-0.05, 0) is 54.3 Å². The van der Waals surface area contributed by atoms with Gasteiger partial charge in [0, 0.05) is 57.0 Å². The van der Waals surface area contributed by atoms with Gasteiger partial charge < -0.3 is 19.9 Å². The molecule has 8 heteroatoms. The molecule has 4 rings (SSSR count). The second kappa shape index (κ2) is 14.6. The summed E-state index contributed by atoms with van der Waals surface area (Å²) in [6.45, 7) is 4.10. The molecular weight excluding hydrogens is 494 g/mol. The van der Waals surface area contributed by atoms with Crippen LogP contribution in [0.25, 0.3) is 11.1 Å².